The van der Waals surface area contributed by atoms with Crippen molar-refractivity contribution in [3.63, 3.8) is 0 Å². The molecule has 24 heavy (non-hydrogen) atoms. The van der Waals surface area contributed by atoms with Gasteiger partial charge in [-0.3, -0.25) is 5.32 Å². The Balaban J connectivity index is 1.55. The van der Waals surface area contributed by atoms with Gasteiger partial charge in [-0.1, -0.05) is 36.4 Å². The SMILES string of the molecule is CN1CCN(c2cccc(NC(=O)OCc3ccccc3)c2)CC1. The summed E-state index contributed by atoms with van der Waals surface area (Å²) in [6.45, 7) is 4.37. The zero-order chi connectivity index (χ0) is 16.8. The van der Waals surface area contributed by atoms with Crippen LogP contribution in [0.3, 0.4) is 0 Å². The van der Waals surface area contributed by atoms with Crippen LogP contribution in [0.25, 0.3) is 0 Å². The highest BCUT2D eigenvalue weighted by Crippen LogP contribution is 2.21. The molecule has 3 rings (SSSR count). The topological polar surface area (TPSA) is 44.8 Å². The molecule has 0 radical (unpaired) electrons. The van der Waals surface area contributed by atoms with Gasteiger partial charge in [-0.2, -0.15) is 0 Å². The lowest BCUT2D eigenvalue weighted by atomic mass is 10.2. The third-order valence-electron chi connectivity index (χ3n) is 4.17. The maximum absolute atomic E-state index is 12.0. The smallest absolute Gasteiger partial charge is 0.411 e. The lowest BCUT2D eigenvalue weighted by Gasteiger charge is -2.34. The quantitative estimate of drug-likeness (QED) is 0.938. The fourth-order valence-electron chi connectivity index (χ4n) is 2.72. The first-order chi connectivity index (χ1) is 11.7. The molecular weight excluding hydrogens is 302 g/mol. The van der Waals surface area contributed by atoms with Crippen molar-refractivity contribution < 1.29 is 9.53 Å². The van der Waals surface area contributed by atoms with Crippen LogP contribution < -0.4 is 10.2 Å². The van der Waals surface area contributed by atoms with E-state index in [1.807, 2.05) is 48.5 Å². The van der Waals surface area contributed by atoms with Crippen LogP contribution in [0.1, 0.15) is 5.56 Å². The van der Waals surface area contributed by atoms with Gasteiger partial charge in [0, 0.05) is 37.6 Å². The summed E-state index contributed by atoms with van der Waals surface area (Å²) >= 11 is 0. The van der Waals surface area contributed by atoms with Crippen LogP contribution in [0, 0.1) is 0 Å². The number of likely N-dealkylation sites (N-methyl/N-ethyl adjacent to an activating group) is 1. The third kappa shape index (κ3) is 4.49. The molecule has 2 aromatic carbocycles. The van der Waals surface area contributed by atoms with Gasteiger partial charge in [0.15, 0.2) is 0 Å². The number of anilines is 2. The van der Waals surface area contributed by atoms with Gasteiger partial charge in [0.2, 0.25) is 0 Å². The summed E-state index contributed by atoms with van der Waals surface area (Å²) in [6.07, 6.45) is -0.436. The Labute approximate surface area is 142 Å². The molecule has 1 saturated heterocycles. The van der Waals surface area contributed by atoms with E-state index in [1.54, 1.807) is 0 Å². The average molecular weight is 325 g/mol. The average Bonchev–Trinajstić information content (AvgIpc) is 2.62. The summed E-state index contributed by atoms with van der Waals surface area (Å²) < 4.78 is 5.26. The molecule has 1 N–H and O–H groups in total. The number of nitrogens with one attached hydrogen (secondary N) is 1. The molecule has 1 aliphatic rings. The van der Waals surface area contributed by atoms with Crippen LogP contribution in [-0.4, -0.2) is 44.2 Å². The van der Waals surface area contributed by atoms with Crippen molar-refractivity contribution in [1.82, 2.24) is 4.90 Å². The summed E-state index contributed by atoms with van der Waals surface area (Å²) in [5, 5.41) is 2.80. The van der Waals surface area contributed by atoms with E-state index in [2.05, 4.69) is 28.2 Å². The van der Waals surface area contributed by atoms with Gasteiger partial charge >= 0.3 is 6.09 Å². The highest BCUT2D eigenvalue weighted by Gasteiger charge is 2.14. The van der Waals surface area contributed by atoms with Crippen molar-refractivity contribution in [3.05, 3.63) is 60.2 Å². The van der Waals surface area contributed by atoms with E-state index in [0.29, 0.717) is 0 Å². The van der Waals surface area contributed by atoms with Gasteiger partial charge in [-0.25, -0.2) is 4.79 Å². The number of ether oxygens (including phenoxy) is 1. The molecule has 5 nitrogen and oxygen atoms in total. The zero-order valence-electron chi connectivity index (χ0n) is 13.9. The van der Waals surface area contributed by atoms with Crippen LogP contribution in [0.4, 0.5) is 16.2 Å². The van der Waals surface area contributed by atoms with Crippen LogP contribution in [0.15, 0.2) is 54.6 Å². The molecule has 0 atom stereocenters. The number of carbonyl (C=O) groups excluding carboxylic acids is 1. The number of piperazine rings is 1. The molecular formula is C19H23N3O2. The van der Waals surface area contributed by atoms with E-state index in [1.165, 1.54) is 0 Å². The molecule has 5 heteroatoms. The first-order valence-corrected chi connectivity index (χ1v) is 8.22. The molecule has 2 aromatic rings. The van der Waals surface area contributed by atoms with E-state index < -0.39 is 6.09 Å². The van der Waals surface area contributed by atoms with Gasteiger partial charge < -0.3 is 14.5 Å². The molecule has 0 unspecified atom stereocenters. The van der Waals surface area contributed by atoms with Gasteiger partial charge in [-0.15, -0.1) is 0 Å². The Bertz CT molecular complexity index is 667. The van der Waals surface area contributed by atoms with E-state index in [9.17, 15) is 4.79 Å². The number of carbonyl (C=O) groups is 1. The molecule has 0 spiro atoms. The largest absolute Gasteiger partial charge is 0.444 e. The standard InChI is InChI=1S/C19H23N3O2/c1-21-10-12-22(13-11-21)18-9-5-8-17(14-18)20-19(23)24-15-16-6-3-2-4-7-16/h2-9,14H,10-13,15H2,1H3,(H,20,23). The molecule has 1 aliphatic heterocycles. The van der Waals surface area contributed by atoms with Crippen molar-refractivity contribution in [3.8, 4) is 0 Å². The first kappa shape index (κ1) is 16.3. The second kappa shape index (κ2) is 7.84. The molecule has 126 valence electrons. The Kier molecular flexibility index (Phi) is 5.33. The third-order valence-corrected chi connectivity index (χ3v) is 4.17. The monoisotopic (exact) mass is 325 g/mol. The van der Waals surface area contributed by atoms with Crippen molar-refractivity contribution in [1.29, 1.82) is 0 Å². The Morgan fingerprint density at radius 2 is 1.79 bits per heavy atom. The summed E-state index contributed by atoms with van der Waals surface area (Å²) in [7, 11) is 2.14. The number of hydrogen-bond donors (Lipinski definition) is 1. The lowest BCUT2D eigenvalue weighted by molar-refractivity contribution is 0.155. The minimum atomic E-state index is -0.436. The van der Waals surface area contributed by atoms with E-state index in [0.717, 1.165) is 43.1 Å². The first-order valence-electron chi connectivity index (χ1n) is 8.22. The number of nitrogens with zero attached hydrogens (tertiary/aromatic N) is 2. The summed E-state index contributed by atoms with van der Waals surface area (Å²) in [5.41, 5.74) is 2.85. The van der Waals surface area contributed by atoms with Gasteiger partial charge in [0.05, 0.1) is 0 Å². The maximum Gasteiger partial charge on any atom is 0.411 e. The number of amides is 1. The maximum atomic E-state index is 12.0. The zero-order valence-corrected chi connectivity index (χ0v) is 13.9. The Hall–Kier alpha value is -2.53. The number of rotatable bonds is 4. The molecule has 0 bridgehead atoms. The summed E-state index contributed by atoms with van der Waals surface area (Å²) in [6, 6.07) is 17.6. The van der Waals surface area contributed by atoms with E-state index in [-0.39, 0.29) is 6.61 Å². The molecule has 0 aromatic heterocycles. The fraction of sp³-hybridized carbons (Fsp3) is 0.316. The minimum Gasteiger partial charge on any atom is -0.444 e. The normalized spacial score (nSPS) is 15.1. The van der Waals surface area contributed by atoms with Gasteiger partial charge in [0.1, 0.15) is 6.61 Å². The van der Waals surface area contributed by atoms with Crippen LogP contribution in [-0.2, 0) is 11.3 Å². The molecule has 0 aliphatic carbocycles. The summed E-state index contributed by atoms with van der Waals surface area (Å²) in [5.74, 6) is 0. The van der Waals surface area contributed by atoms with Crippen LogP contribution >= 0.6 is 0 Å². The minimum absolute atomic E-state index is 0.269. The molecule has 1 fully saturated rings. The summed E-state index contributed by atoms with van der Waals surface area (Å²) in [4.78, 5) is 16.6. The Morgan fingerprint density at radius 3 is 2.54 bits per heavy atom. The van der Waals surface area contributed by atoms with Crippen molar-refractivity contribution in [2.75, 3.05) is 43.4 Å². The van der Waals surface area contributed by atoms with Crippen LogP contribution in [0.2, 0.25) is 0 Å². The molecule has 0 saturated carbocycles. The second-order valence-electron chi connectivity index (χ2n) is 6.03. The van der Waals surface area contributed by atoms with Crippen LogP contribution in [0.5, 0.6) is 0 Å². The predicted octanol–water partition coefficient (Wildman–Crippen LogP) is 3.19. The highest BCUT2D eigenvalue weighted by molar-refractivity contribution is 5.85. The van der Waals surface area contributed by atoms with Crippen molar-refractivity contribution in [2.24, 2.45) is 0 Å². The Morgan fingerprint density at radius 1 is 1.04 bits per heavy atom. The second-order valence-corrected chi connectivity index (χ2v) is 6.03. The van der Waals surface area contributed by atoms with Gasteiger partial charge in [-0.05, 0) is 30.8 Å². The fourth-order valence-corrected chi connectivity index (χ4v) is 2.72. The number of hydrogen-bond acceptors (Lipinski definition) is 4. The molecule has 1 amide bonds. The van der Waals surface area contributed by atoms with E-state index >= 15 is 0 Å². The predicted molar refractivity (Wildman–Crippen MR) is 96.4 cm³/mol. The molecule has 1 heterocycles. The van der Waals surface area contributed by atoms with Gasteiger partial charge in [0.25, 0.3) is 0 Å². The number of benzene rings is 2. The lowest BCUT2D eigenvalue weighted by Crippen LogP contribution is -2.44. The van der Waals surface area contributed by atoms with E-state index in [4.69, 9.17) is 4.74 Å². The van der Waals surface area contributed by atoms with Crippen molar-refractivity contribution in [2.45, 2.75) is 6.61 Å². The highest BCUT2D eigenvalue weighted by atomic mass is 16.5. The van der Waals surface area contributed by atoms with Crippen molar-refractivity contribution >= 4 is 17.5 Å².